The third kappa shape index (κ3) is 1.32. The summed E-state index contributed by atoms with van der Waals surface area (Å²) in [6.45, 7) is 2.07. The summed E-state index contributed by atoms with van der Waals surface area (Å²) in [5.41, 5.74) is 0.914. The SMILES string of the molecule is C[BH2-]c1ccccc1F. The number of rotatable bonds is 1. The third-order valence-corrected chi connectivity index (χ3v) is 1.62. The Morgan fingerprint density at radius 3 is 2.44 bits per heavy atom. The Morgan fingerprint density at radius 2 is 2.00 bits per heavy atom. The number of halogens is 1. The molecule has 0 heterocycles. The van der Waals surface area contributed by atoms with E-state index < -0.39 is 0 Å². The van der Waals surface area contributed by atoms with Crippen LogP contribution in [0, 0.1) is 5.82 Å². The molecular formula is C7H9BF-. The molecule has 9 heavy (non-hydrogen) atoms. The summed E-state index contributed by atoms with van der Waals surface area (Å²) < 4.78 is 12.6. The highest BCUT2D eigenvalue weighted by atomic mass is 19.1. The molecule has 0 bridgehead atoms. The number of hydrogen-bond acceptors (Lipinski definition) is 0. The van der Waals surface area contributed by atoms with Gasteiger partial charge in [0.05, 0.1) is 5.82 Å². The van der Waals surface area contributed by atoms with Gasteiger partial charge in [0, 0.05) is 0 Å². The van der Waals surface area contributed by atoms with Gasteiger partial charge in [-0.25, -0.2) is 4.39 Å². The van der Waals surface area contributed by atoms with Crippen LogP contribution in [0.2, 0.25) is 6.82 Å². The standard InChI is InChI=1S/C7H9BF/c1-8-6-4-2-3-5-7(6)9/h2-5H,8H2,1H3/q-1. The fourth-order valence-electron chi connectivity index (χ4n) is 0.956. The van der Waals surface area contributed by atoms with Gasteiger partial charge in [-0.1, -0.05) is 18.2 Å². The molecule has 0 atom stereocenters. The van der Waals surface area contributed by atoms with Crippen molar-refractivity contribution < 1.29 is 4.39 Å². The van der Waals surface area contributed by atoms with Crippen molar-refractivity contribution in [1.29, 1.82) is 0 Å². The van der Waals surface area contributed by atoms with E-state index in [0.717, 1.165) is 5.46 Å². The second-order valence-corrected chi connectivity index (χ2v) is 2.25. The molecule has 0 aromatic heterocycles. The Labute approximate surface area is 54.9 Å². The molecular weight excluding hydrogens is 114 g/mol. The van der Waals surface area contributed by atoms with Crippen LogP contribution in [0.25, 0.3) is 0 Å². The van der Waals surface area contributed by atoms with Crippen LogP contribution in [0.5, 0.6) is 0 Å². The lowest BCUT2D eigenvalue weighted by Crippen LogP contribution is -2.14. The first-order valence-corrected chi connectivity index (χ1v) is 3.52. The number of hydrogen-bond donors (Lipinski definition) is 0. The van der Waals surface area contributed by atoms with Crippen molar-refractivity contribution >= 4 is 12.7 Å². The molecule has 0 saturated heterocycles. The maximum absolute atomic E-state index is 12.6. The summed E-state index contributed by atoms with van der Waals surface area (Å²) in [4.78, 5) is 0. The molecule has 0 saturated carbocycles. The lowest BCUT2D eigenvalue weighted by Gasteiger charge is -2.00. The van der Waals surface area contributed by atoms with E-state index in [1.54, 1.807) is 6.07 Å². The molecule has 48 valence electrons. The van der Waals surface area contributed by atoms with Crippen LogP contribution in [0.4, 0.5) is 4.39 Å². The van der Waals surface area contributed by atoms with Crippen molar-refractivity contribution in [1.82, 2.24) is 0 Å². The van der Waals surface area contributed by atoms with E-state index in [0.29, 0.717) is 0 Å². The Bertz CT molecular complexity index is 198. The average Bonchev–Trinajstić information content (AvgIpc) is 1.89. The first-order valence-electron chi connectivity index (χ1n) is 3.52. The molecule has 0 aliphatic carbocycles. The topological polar surface area (TPSA) is 0 Å². The molecule has 0 amide bonds. The summed E-state index contributed by atoms with van der Waals surface area (Å²) in [5.74, 6) is -0.0417. The van der Waals surface area contributed by atoms with E-state index in [2.05, 4.69) is 6.82 Å². The van der Waals surface area contributed by atoms with Gasteiger partial charge in [0.1, 0.15) is 0 Å². The minimum Gasteiger partial charge on any atom is -0.211 e. The van der Waals surface area contributed by atoms with Gasteiger partial charge in [0.15, 0.2) is 0 Å². The summed E-state index contributed by atoms with van der Waals surface area (Å²) in [7, 11) is -0.204. The highest BCUT2D eigenvalue weighted by Gasteiger charge is 1.87. The van der Waals surface area contributed by atoms with Crippen LogP contribution in [-0.2, 0) is 0 Å². The highest BCUT2D eigenvalue weighted by molar-refractivity contribution is 6.51. The maximum Gasteiger partial charge on any atom is 0.0871 e. The molecule has 0 unspecified atom stereocenters. The molecule has 2 heteroatoms. The van der Waals surface area contributed by atoms with E-state index in [9.17, 15) is 4.39 Å². The van der Waals surface area contributed by atoms with E-state index in [1.165, 1.54) is 6.07 Å². The van der Waals surface area contributed by atoms with E-state index >= 15 is 0 Å². The lowest BCUT2D eigenvalue weighted by molar-refractivity contribution is 0.636. The largest absolute Gasteiger partial charge is 0.211 e. The second-order valence-electron chi connectivity index (χ2n) is 2.25. The van der Waals surface area contributed by atoms with Crippen molar-refractivity contribution in [2.24, 2.45) is 0 Å². The third-order valence-electron chi connectivity index (χ3n) is 1.62. The van der Waals surface area contributed by atoms with Crippen molar-refractivity contribution in [3.63, 3.8) is 0 Å². The predicted molar refractivity (Wildman–Crippen MR) is 40.4 cm³/mol. The van der Waals surface area contributed by atoms with Crippen LogP contribution in [0.3, 0.4) is 0 Å². The van der Waals surface area contributed by atoms with Gasteiger partial charge < -0.3 is 0 Å². The Hall–Kier alpha value is -0.785. The van der Waals surface area contributed by atoms with Crippen LogP contribution < -0.4 is 5.46 Å². The quantitative estimate of drug-likeness (QED) is 0.481. The smallest absolute Gasteiger partial charge is 0.0871 e. The first kappa shape index (κ1) is 6.34. The zero-order chi connectivity index (χ0) is 6.69. The monoisotopic (exact) mass is 123 g/mol. The molecule has 0 aliphatic heterocycles. The summed E-state index contributed by atoms with van der Waals surface area (Å²) >= 11 is 0. The number of benzene rings is 1. The fraction of sp³-hybridized carbons (Fsp3) is 0.143. The molecule has 0 N–H and O–H groups in total. The van der Waals surface area contributed by atoms with Crippen molar-refractivity contribution in [2.45, 2.75) is 6.82 Å². The van der Waals surface area contributed by atoms with Crippen LogP contribution in [0.15, 0.2) is 24.3 Å². The van der Waals surface area contributed by atoms with E-state index in [1.807, 2.05) is 12.1 Å². The molecule has 1 rings (SSSR count). The van der Waals surface area contributed by atoms with E-state index in [-0.39, 0.29) is 13.1 Å². The van der Waals surface area contributed by atoms with E-state index in [4.69, 9.17) is 0 Å². The minimum absolute atomic E-state index is 0.0417. The Morgan fingerprint density at radius 1 is 1.33 bits per heavy atom. The predicted octanol–water partition coefficient (Wildman–Crippen LogP) is 0.668. The van der Waals surface area contributed by atoms with Gasteiger partial charge in [0.25, 0.3) is 0 Å². The van der Waals surface area contributed by atoms with Gasteiger partial charge >= 0.3 is 0 Å². The fourth-order valence-corrected chi connectivity index (χ4v) is 0.956. The lowest BCUT2D eigenvalue weighted by atomic mass is 9.73. The van der Waals surface area contributed by atoms with Gasteiger partial charge in [-0.15, -0.1) is 0 Å². The van der Waals surface area contributed by atoms with Crippen molar-refractivity contribution in [3.8, 4) is 0 Å². The van der Waals surface area contributed by atoms with Crippen molar-refractivity contribution in [3.05, 3.63) is 30.1 Å². The second kappa shape index (κ2) is 2.67. The van der Waals surface area contributed by atoms with Gasteiger partial charge in [0.2, 0.25) is 0 Å². The molecule has 0 radical (unpaired) electrons. The zero-order valence-corrected chi connectivity index (χ0v) is 5.69. The Kier molecular flexibility index (Phi) is 1.88. The Balaban J connectivity index is 3.01. The molecule has 0 fully saturated rings. The van der Waals surface area contributed by atoms with Gasteiger partial charge in [-0.05, 0) is 13.3 Å². The maximum atomic E-state index is 12.6. The normalized spacial score (nSPS) is 9.56. The molecule has 1 aromatic rings. The van der Waals surface area contributed by atoms with Gasteiger partial charge in [-0.3, -0.25) is 0 Å². The van der Waals surface area contributed by atoms with Crippen LogP contribution in [0.1, 0.15) is 0 Å². The summed E-state index contributed by atoms with van der Waals surface area (Å²) in [6.07, 6.45) is 0. The van der Waals surface area contributed by atoms with Crippen molar-refractivity contribution in [2.75, 3.05) is 0 Å². The summed E-state index contributed by atoms with van der Waals surface area (Å²) in [6, 6.07) is 6.98. The van der Waals surface area contributed by atoms with Crippen LogP contribution >= 0.6 is 0 Å². The molecule has 0 aliphatic rings. The van der Waals surface area contributed by atoms with Crippen LogP contribution in [-0.4, -0.2) is 7.28 Å². The molecule has 0 nitrogen and oxygen atoms in total. The van der Waals surface area contributed by atoms with Gasteiger partial charge in [-0.2, -0.15) is 12.3 Å². The summed E-state index contributed by atoms with van der Waals surface area (Å²) in [5, 5.41) is 0. The average molecular weight is 123 g/mol. The molecule has 1 aromatic carbocycles. The highest BCUT2D eigenvalue weighted by Crippen LogP contribution is 1.90. The first-order chi connectivity index (χ1) is 4.34. The molecule has 0 spiro atoms. The zero-order valence-electron chi connectivity index (χ0n) is 5.69. The minimum atomic E-state index is -0.204.